The first-order valence-corrected chi connectivity index (χ1v) is 7.21. The molecule has 21 heavy (non-hydrogen) atoms. The van der Waals surface area contributed by atoms with Gasteiger partial charge < -0.3 is 9.25 Å². The quantitative estimate of drug-likeness (QED) is 0.604. The van der Waals surface area contributed by atoms with E-state index in [1.165, 1.54) is 12.1 Å². The molecule has 0 radical (unpaired) electrons. The van der Waals surface area contributed by atoms with Crippen LogP contribution in [-0.4, -0.2) is 11.7 Å². The SMILES string of the molecule is O=C(O/N=C1\CCCc2occc21)c1ccc(Cl)cc1Cl. The molecule has 108 valence electrons. The molecule has 0 saturated carbocycles. The Morgan fingerprint density at radius 3 is 2.90 bits per heavy atom. The highest BCUT2D eigenvalue weighted by molar-refractivity contribution is 6.36. The minimum Gasteiger partial charge on any atom is -0.469 e. The lowest BCUT2D eigenvalue weighted by Gasteiger charge is -2.11. The van der Waals surface area contributed by atoms with Crippen molar-refractivity contribution in [3.05, 3.63) is 57.5 Å². The van der Waals surface area contributed by atoms with Crippen LogP contribution < -0.4 is 0 Å². The zero-order valence-corrected chi connectivity index (χ0v) is 12.4. The molecule has 0 atom stereocenters. The maximum absolute atomic E-state index is 12.0. The molecule has 0 saturated heterocycles. The molecule has 1 aromatic carbocycles. The molecule has 1 heterocycles. The number of aryl methyl sites for hydroxylation is 1. The largest absolute Gasteiger partial charge is 0.469 e. The first kappa shape index (κ1) is 14.2. The van der Waals surface area contributed by atoms with E-state index in [0.717, 1.165) is 30.6 Å². The molecule has 1 aromatic heterocycles. The minimum atomic E-state index is -0.611. The number of oxime groups is 1. The number of carbonyl (C=O) groups excluding carboxylic acids is 1. The second-order valence-corrected chi connectivity index (χ2v) is 5.50. The van der Waals surface area contributed by atoms with Crippen LogP contribution in [0.3, 0.4) is 0 Å². The van der Waals surface area contributed by atoms with Crippen molar-refractivity contribution in [3.63, 3.8) is 0 Å². The van der Waals surface area contributed by atoms with Gasteiger partial charge in [0.1, 0.15) is 5.76 Å². The molecule has 0 N–H and O–H groups in total. The fraction of sp³-hybridized carbons (Fsp3) is 0.200. The smallest absolute Gasteiger partial charge is 0.367 e. The molecule has 0 amide bonds. The molecule has 1 aliphatic rings. The van der Waals surface area contributed by atoms with Crippen molar-refractivity contribution in [1.82, 2.24) is 0 Å². The fourth-order valence-electron chi connectivity index (χ4n) is 2.24. The third kappa shape index (κ3) is 2.96. The highest BCUT2D eigenvalue weighted by Gasteiger charge is 2.20. The highest BCUT2D eigenvalue weighted by Crippen LogP contribution is 2.24. The number of nitrogens with zero attached hydrogens (tertiary/aromatic N) is 1. The van der Waals surface area contributed by atoms with E-state index >= 15 is 0 Å². The Morgan fingerprint density at radius 2 is 2.10 bits per heavy atom. The zero-order valence-electron chi connectivity index (χ0n) is 10.9. The summed E-state index contributed by atoms with van der Waals surface area (Å²) in [6.07, 6.45) is 4.15. The average Bonchev–Trinajstić information content (AvgIpc) is 2.93. The molecule has 4 nitrogen and oxygen atoms in total. The summed E-state index contributed by atoms with van der Waals surface area (Å²) < 4.78 is 5.35. The van der Waals surface area contributed by atoms with Gasteiger partial charge in [0.05, 0.1) is 22.6 Å². The van der Waals surface area contributed by atoms with E-state index in [9.17, 15) is 4.79 Å². The van der Waals surface area contributed by atoms with E-state index < -0.39 is 5.97 Å². The molecule has 3 rings (SSSR count). The molecule has 0 fully saturated rings. The van der Waals surface area contributed by atoms with Gasteiger partial charge in [-0.05, 0) is 37.1 Å². The van der Waals surface area contributed by atoms with E-state index in [-0.39, 0.29) is 10.6 Å². The maximum atomic E-state index is 12.0. The van der Waals surface area contributed by atoms with E-state index in [0.29, 0.717) is 10.7 Å². The Bertz CT molecular complexity index is 721. The summed E-state index contributed by atoms with van der Waals surface area (Å²) in [7, 11) is 0. The van der Waals surface area contributed by atoms with Crippen molar-refractivity contribution in [2.45, 2.75) is 19.3 Å². The van der Waals surface area contributed by atoms with Crippen molar-refractivity contribution in [2.24, 2.45) is 5.16 Å². The van der Waals surface area contributed by atoms with Crippen LogP contribution in [0.15, 0.2) is 40.1 Å². The van der Waals surface area contributed by atoms with Crippen molar-refractivity contribution < 1.29 is 14.0 Å². The van der Waals surface area contributed by atoms with Crippen molar-refractivity contribution in [2.75, 3.05) is 0 Å². The maximum Gasteiger partial charge on any atom is 0.367 e. The Morgan fingerprint density at radius 1 is 1.24 bits per heavy atom. The van der Waals surface area contributed by atoms with Crippen LogP contribution in [-0.2, 0) is 11.3 Å². The number of hydrogen-bond acceptors (Lipinski definition) is 4. The fourth-order valence-corrected chi connectivity index (χ4v) is 2.72. The third-order valence-corrected chi connectivity index (χ3v) is 3.81. The zero-order chi connectivity index (χ0) is 14.8. The predicted molar refractivity (Wildman–Crippen MR) is 80.1 cm³/mol. The van der Waals surface area contributed by atoms with Gasteiger partial charge in [-0.2, -0.15) is 0 Å². The van der Waals surface area contributed by atoms with Gasteiger partial charge in [-0.25, -0.2) is 4.79 Å². The number of halogens is 2. The van der Waals surface area contributed by atoms with Gasteiger partial charge in [0.2, 0.25) is 0 Å². The molecule has 0 spiro atoms. The van der Waals surface area contributed by atoms with Crippen LogP contribution >= 0.6 is 23.2 Å². The number of rotatable bonds is 2. The summed E-state index contributed by atoms with van der Waals surface area (Å²) in [5.41, 5.74) is 1.84. The van der Waals surface area contributed by atoms with E-state index in [1.54, 1.807) is 12.3 Å². The lowest BCUT2D eigenvalue weighted by Crippen LogP contribution is -2.12. The van der Waals surface area contributed by atoms with Gasteiger partial charge in [-0.3, -0.25) is 0 Å². The summed E-state index contributed by atoms with van der Waals surface area (Å²) in [5, 5.41) is 4.65. The second-order valence-electron chi connectivity index (χ2n) is 4.65. The van der Waals surface area contributed by atoms with Crippen LogP contribution in [0.25, 0.3) is 0 Å². The van der Waals surface area contributed by atoms with Gasteiger partial charge >= 0.3 is 5.97 Å². The Kier molecular flexibility index (Phi) is 3.99. The topological polar surface area (TPSA) is 51.8 Å². The molecule has 0 unspecified atom stereocenters. The Labute approximate surface area is 131 Å². The van der Waals surface area contributed by atoms with Gasteiger partial charge in [0.25, 0.3) is 0 Å². The minimum absolute atomic E-state index is 0.230. The lowest BCUT2D eigenvalue weighted by atomic mass is 9.97. The molecule has 6 heteroatoms. The summed E-state index contributed by atoms with van der Waals surface area (Å²) in [6.45, 7) is 0. The summed E-state index contributed by atoms with van der Waals surface area (Å²) >= 11 is 11.8. The number of hydrogen-bond donors (Lipinski definition) is 0. The summed E-state index contributed by atoms with van der Waals surface area (Å²) in [4.78, 5) is 17.0. The van der Waals surface area contributed by atoms with Crippen LogP contribution in [0.1, 0.15) is 34.5 Å². The average molecular weight is 324 g/mol. The normalized spacial score (nSPS) is 15.8. The summed E-state index contributed by atoms with van der Waals surface area (Å²) in [5.74, 6) is 0.264. The van der Waals surface area contributed by atoms with Gasteiger partial charge in [0, 0.05) is 17.0 Å². The second kappa shape index (κ2) is 5.92. The van der Waals surface area contributed by atoms with Gasteiger partial charge in [0.15, 0.2) is 0 Å². The standard InChI is InChI=1S/C15H11Cl2NO3/c16-9-4-5-10(12(17)8-9)15(19)21-18-13-2-1-3-14-11(13)6-7-20-14/h4-8H,1-3H2/b18-13+. The molecular formula is C15H11Cl2NO3. The number of benzene rings is 1. The van der Waals surface area contributed by atoms with Crippen LogP contribution in [0.4, 0.5) is 0 Å². The first-order valence-electron chi connectivity index (χ1n) is 6.45. The number of carbonyl (C=O) groups is 1. The van der Waals surface area contributed by atoms with Crippen LogP contribution in [0.5, 0.6) is 0 Å². The number of fused-ring (bicyclic) bond motifs is 1. The Hall–Kier alpha value is -1.78. The van der Waals surface area contributed by atoms with Gasteiger partial charge in [-0.15, -0.1) is 0 Å². The van der Waals surface area contributed by atoms with Crippen LogP contribution in [0.2, 0.25) is 10.0 Å². The molecule has 0 aliphatic heterocycles. The van der Waals surface area contributed by atoms with Crippen molar-refractivity contribution in [3.8, 4) is 0 Å². The van der Waals surface area contributed by atoms with E-state index in [4.69, 9.17) is 32.5 Å². The monoisotopic (exact) mass is 323 g/mol. The van der Waals surface area contributed by atoms with E-state index in [2.05, 4.69) is 5.16 Å². The molecular weight excluding hydrogens is 313 g/mol. The molecule has 2 aromatic rings. The van der Waals surface area contributed by atoms with Crippen molar-refractivity contribution >= 4 is 34.9 Å². The third-order valence-electron chi connectivity index (χ3n) is 3.26. The van der Waals surface area contributed by atoms with Crippen molar-refractivity contribution in [1.29, 1.82) is 0 Å². The predicted octanol–water partition coefficient (Wildman–Crippen LogP) is 4.48. The molecule has 0 bridgehead atoms. The van der Waals surface area contributed by atoms with Crippen LogP contribution in [0, 0.1) is 0 Å². The molecule has 1 aliphatic carbocycles. The summed E-state index contributed by atoms with van der Waals surface area (Å²) in [6, 6.07) is 6.40. The van der Waals surface area contributed by atoms with E-state index in [1.807, 2.05) is 6.07 Å². The highest BCUT2D eigenvalue weighted by atomic mass is 35.5. The number of furan rings is 1. The first-order chi connectivity index (χ1) is 10.1. The lowest BCUT2D eigenvalue weighted by molar-refractivity contribution is 0.0515. The Balaban J connectivity index is 1.79. The van der Waals surface area contributed by atoms with Gasteiger partial charge in [-0.1, -0.05) is 28.4 Å².